The Morgan fingerprint density at radius 3 is 2.23 bits per heavy atom. The maximum absolute atomic E-state index is 13.0. The second kappa shape index (κ2) is 5.41. The third-order valence-corrected chi connectivity index (χ3v) is 3.23. The topological polar surface area (TPSA) is 21.6 Å². The molecule has 0 fully saturated rings. The molecule has 0 saturated heterocycles. The number of hydrogen-bond acceptors (Lipinski definition) is 2. The predicted molar refractivity (Wildman–Crippen MR) is 88.1 cm³/mol. The van der Waals surface area contributed by atoms with Gasteiger partial charge in [-0.1, -0.05) is 30.3 Å². The van der Waals surface area contributed by atoms with Crippen LogP contribution in [0.25, 0.3) is 11.8 Å². The highest BCUT2D eigenvalue weighted by molar-refractivity contribution is 6.08. The molecule has 2 aromatic carbocycles. The molecule has 0 unspecified atom stereocenters. The molecule has 1 aliphatic rings. The first kappa shape index (κ1) is 14.5. The van der Waals surface area contributed by atoms with Crippen LogP contribution in [0.15, 0.2) is 53.5 Å². The van der Waals surface area contributed by atoms with E-state index in [0.29, 0.717) is 5.90 Å². The maximum atomic E-state index is 13.0. The van der Waals surface area contributed by atoms with Gasteiger partial charge in [0.15, 0.2) is 0 Å². The fourth-order valence-corrected chi connectivity index (χ4v) is 2.30. The minimum Gasteiger partial charge on any atom is -0.438 e. The van der Waals surface area contributed by atoms with E-state index in [1.165, 1.54) is 12.1 Å². The third kappa shape index (κ3) is 3.08. The summed E-state index contributed by atoms with van der Waals surface area (Å²) >= 11 is 0. The van der Waals surface area contributed by atoms with Gasteiger partial charge in [-0.2, -0.15) is 0 Å². The van der Waals surface area contributed by atoms with Gasteiger partial charge in [-0.25, -0.2) is 9.38 Å². The molecule has 0 bridgehead atoms. The summed E-state index contributed by atoms with van der Waals surface area (Å²) in [6.07, 6.45) is 1.91. The zero-order valence-corrected chi connectivity index (χ0v) is 12.9. The van der Waals surface area contributed by atoms with Gasteiger partial charge in [0.2, 0.25) is 5.90 Å². The summed E-state index contributed by atoms with van der Waals surface area (Å²) < 4.78 is 19.0. The molecule has 0 aliphatic carbocycles. The highest BCUT2D eigenvalue weighted by Crippen LogP contribution is 2.32. The second-order valence-corrected chi connectivity index (χ2v) is 6.30. The predicted octanol–water partition coefficient (Wildman–Crippen LogP) is 4.90. The molecule has 0 spiro atoms. The Kier molecular flexibility index (Phi) is 3.57. The van der Waals surface area contributed by atoms with Crippen molar-refractivity contribution in [2.24, 2.45) is 4.99 Å². The lowest BCUT2D eigenvalue weighted by Gasteiger charge is -2.13. The Morgan fingerprint density at radius 1 is 0.955 bits per heavy atom. The summed E-state index contributed by atoms with van der Waals surface area (Å²) in [5.41, 5.74) is 2.68. The van der Waals surface area contributed by atoms with Crippen molar-refractivity contribution < 1.29 is 9.13 Å². The van der Waals surface area contributed by atoms with Crippen molar-refractivity contribution in [1.29, 1.82) is 0 Å². The molecule has 0 amide bonds. The van der Waals surface area contributed by atoms with Crippen molar-refractivity contribution in [3.8, 4) is 0 Å². The van der Waals surface area contributed by atoms with Gasteiger partial charge in [0.25, 0.3) is 0 Å². The molecule has 0 radical (unpaired) electrons. The zero-order valence-electron chi connectivity index (χ0n) is 12.9. The smallest absolute Gasteiger partial charge is 0.223 e. The molecule has 2 aromatic rings. The summed E-state index contributed by atoms with van der Waals surface area (Å²) in [4.78, 5) is 4.65. The van der Waals surface area contributed by atoms with Crippen LogP contribution in [0.4, 0.5) is 4.39 Å². The Morgan fingerprint density at radius 2 is 1.59 bits per heavy atom. The van der Waals surface area contributed by atoms with Crippen molar-refractivity contribution >= 4 is 17.7 Å². The Bertz CT molecular complexity index is 752. The van der Waals surface area contributed by atoms with E-state index in [0.717, 1.165) is 22.4 Å². The molecule has 0 saturated carbocycles. The van der Waals surface area contributed by atoms with Crippen LogP contribution in [0.5, 0.6) is 0 Å². The second-order valence-electron chi connectivity index (χ2n) is 6.30. The van der Waals surface area contributed by atoms with Crippen molar-refractivity contribution in [1.82, 2.24) is 0 Å². The van der Waals surface area contributed by atoms with Gasteiger partial charge in [-0.05, 0) is 50.6 Å². The van der Waals surface area contributed by atoms with Crippen LogP contribution < -0.4 is 0 Å². The van der Waals surface area contributed by atoms with Crippen LogP contribution in [0.2, 0.25) is 0 Å². The lowest BCUT2D eigenvalue weighted by Crippen LogP contribution is -2.14. The number of benzene rings is 2. The molecule has 0 N–H and O–H groups in total. The quantitative estimate of drug-likeness (QED) is 0.733. The molecule has 22 heavy (non-hydrogen) atoms. The van der Waals surface area contributed by atoms with Crippen LogP contribution in [0.3, 0.4) is 0 Å². The van der Waals surface area contributed by atoms with E-state index >= 15 is 0 Å². The minimum absolute atomic E-state index is 0.215. The first-order valence-corrected chi connectivity index (χ1v) is 7.27. The molecular formula is C19H18FNO. The molecule has 0 atom stereocenters. The highest BCUT2D eigenvalue weighted by atomic mass is 19.1. The monoisotopic (exact) mass is 295 g/mol. The van der Waals surface area contributed by atoms with Gasteiger partial charge in [0.05, 0.1) is 5.54 Å². The maximum Gasteiger partial charge on any atom is 0.223 e. The molecule has 3 heteroatoms. The van der Waals surface area contributed by atoms with Gasteiger partial charge in [0, 0.05) is 11.1 Å². The lowest BCUT2D eigenvalue weighted by molar-refractivity contribution is 0.495. The normalized spacial score (nSPS) is 17.6. The highest BCUT2D eigenvalue weighted by Gasteiger charge is 2.25. The van der Waals surface area contributed by atoms with E-state index in [-0.39, 0.29) is 11.4 Å². The molecule has 112 valence electrons. The van der Waals surface area contributed by atoms with Gasteiger partial charge >= 0.3 is 0 Å². The van der Waals surface area contributed by atoms with E-state index in [9.17, 15) is 4.39 Å². The third-order valence-electron chi connectivity index (χ3n) is 3.23. The molecular weight excluding hydrogens is 277 g/mol. The van der Waals surface area contributed by atoms with Gasteiger partial charge in [0.1, 0.15) is 11.6 Å². The van der Waals surface area contributed by atoms with Gasteiger partial charge in [-0.3, -0.25) is 0 Å². The van der Waals surface area contributed by atoms with Gasteiger partial charge in [-0.15, -0.1) is 0 Å². The summed E-state index contributed by atoms with van der Waals surface area (Å²) in [5.74, 6) is 1.13. The van der Waals surface area contributed by atoms with Crippen LogP contribution in [0, 0.1) is 5.82 Å². The van der Waals surface area contributed by atoms with E-state index in [4.69, 9.17) is 4.74 Å². The first-order valence-electron chi connectivity index (χ1n) is 7.27. The number of aliphatic imine (C=N–C) groups is 1. The minimum atomic E-state index is -0.245. The van der Waals surface area contributed by atoms with Crippen LogP contribution in [-0.2, 0) is 4.74 Å². The summed E-state index contributed by atoms with van der Waals surface area (Å²) in [5, 5.41) is 0. The fraction of sp³-hybridized carbons (Fsp3) is 0.211. The summed E-state index contributed by atoms with van der Waals surface area (Å²) in [7, 11) is 0. The number of rotatable bonds is 1. The Balaban J connectivity index is 2.05. The van der Waals surface area contributed by atoms with E-state index < -0.39 is 0 Å². The lowest BCUT2D eigenvalue weighted by atomic mass is 10.1. The van der Waals surface area contributed by atoms with Crippen LogP contribution >= 0.6 is 0 Å². The Hall–Kier alpha value is -2.42. The summed E-state index contributed by atoms with van der Waals surface area (Å²) in [6.45, 7) is 6.11. The average Bonchev–Trinajstić information content (AvgIpc) is 2.78. The van der Waals surface area contributed by atoms with Gasteiger partial charge < -0.3 is 4.74 Å². The summed E-state index contributed by atoms with van der Waals surface area (Å²) in [6, 6.07) is 14.3. The van der Waals surface area contributed by atoms with E-state index in [1.54, 1.807) is 12.1 Å². The number of fused-ring (bicyclic) bond motifs is 1. The molecule has 1 aliphatic heterocycles. The van der Waals surface area contributed by atoms with Crippen molar-refractivity contribution in [2.45, 2.75) is 26.3 Å². The number of halogens is 1. The molecule has 0 aromatic heterocycles. The molecule has 2 nitrogen and oxygen atoms in total. The number of hydrogen-bond donors (Lipinski definition) is 0. The largest absolute Gasteiger partial charge is 0.438 e. The average molecular weight is 295 g/mol. The van der Waals surface area contributed by atoms with Crippen LogP contribution in [-0.4, -0.2) is 11.4 Å². The standard InChI is InChI=1S/C19H18FNO/c1-19(2,3)21-18-16-7-5-4-6-15(16)17(22-18)12-13-8-10-14(20)11-9-13/h4-12H,1-3H3/b17-12-,21-18?. The Labute approximate surface area is 130 Å². The van der Waals surface area contributed by atoms with Crippen molar-refractivity contribution in [3.63, 3.8) is 0 Å². The fourth-order valence-electron chi connectivity index (χ4n) is 2.30. The van der Waals surface area contributed by atoms with E-state index in [2.05, 4.69) is 4.99 Å². The van der Waals surface area contributed by atoms with Crippen LogP contribution in [0.1, 0.15) is 37.5 Å². The number of nitrogens with zero attached hydrogens (tertiary/aromatic N) is 1. The molecule has 3 rings (SSSR count). The first-order chi connectivity index (χ1) is 10.4. The SMILES string of the molecule is CC(C)(C)N=C1O/C(=C\c2ccc(F)cc2)c2ccccc21. The van der Waals surface area contributed by atoms with Crippen molar-refractivity contribution in [2.75, 3.05) is 0 Å². The van der Waals surface area contributed by atoms with Crippen molar-refractivity contribution in [3.05, 3.63) is 71.0 Å². The zero-order chi connectivity index (χ0) is 15.7. The molecule has 1 heterocycles. The van der Waals surface area contributed by atoms with E-state index in [1.807, 2.05) is 51.1 Å². The number of ether oxygens (including phenoxy) is 1.